The molecule has 112 valence electrons. The van der Waals surface area contributed by atoms with E-state index in [0.29, 0.717) is 0 Å². The zero-order valence-corrected chi connectivity index (χ0v) is 14.1. The van der Waals surface area contributed by atoms with E-state index in [9.17, 15) is 22.9 Å². The molecule has 0 fully saturated rings. The summed E-state index contributed by atoms with van der Waals surface area (Å²) in [4.78, 5) is 10.3. The van der Waals surface area contributed by atoms with Crippen LogP contribution in [0, 0.1) is 19.5 Å². The smallest absolute Gasteiger partial charge is 0.293 e. The lowest BCUT2D eigenvalue weighted by molar-refractivity contribution is -0.384. The summed E-state index contributed by atoms with van der Waals surface area (Å²) in [5.74, 6) is -0.601. The predicted octanol–water partition coefficient (Wildman–Crippen LogP) is 2.57. The summed E-state index contributed by atoms with van der Waals surface area (Å²) in [6, 6.07) is 2.10. The topological polar surface area (TPSA) is 89.3 Å². The average Bonchev–Trinajstić information content (AvgIpc) is 2.28. The summed E-state index contributed by atoms with van der Waals surface area (Å²) in [6.45, 7) is 2.92. The van der Waals surface area contributed by atoms with Gasteiger partial charge in [0.15, 0.2) is 9.84 Å². The van der Waals surface area contributed by atoms with Gasteiger partial charge in [0.25, 0.3) is 5.69 Å². The summed E-state index contributed by atoms with van der Waals surface area (Å²) in [5, 5.41) is 13.6. The SMILES string of the molecule is CC(C)(CNc1cc(F)c(I)cc1[N+](=O)[O-])S(C)(=O)=O. The largest absolute Gasteiger partial charge is 0.378 e. The predicted molar refractivity (Wildman–Crippen MR) is 83.2 cm³/mol. The molecule has 1 aromatic carbocycles. The molecule has 0 bridgehead atoms. The molecule has 0 saturated heterocycles. The summed E-state index contributed by atoms with van der Waals surface area (Å²) in [5.41, 5.74) is -0.329. The maximum absolute atomic E-state index is 13.5. The molecule has 0 aromatic heterocycles. The van der Waals surface area contributed by atoms with Crippen LogP contribution in [0.25, 0.3) is 0 Å². The molecule has 0 atom stereocenters. The van der Waals surface area contributed by atoms with Crippen molar-refractivity contribution in [3.05, 3.63) is 31.6 Å². The number of nitro benzene ring substituents is 1. The van der Waals surface area contributed by atoms with E-state index >= 15 is 0 Å². The Morgan fingerprint density at radius 3 is 2.45 bits per heavy atom. The Bertz CT molecular complexity index is 646. The van der Waals surface area contributed by atoms with E-state index in [0.717, 1.165) is 18.4 Å². The molecule has 0 radical (unpaired) electrons. The quantitative estimate of drug-likeness (QED) is 0.453. The Balaban J connectivity index is 3.10. The maximum atomic E-state index is 13.5. The summed E-state index contributed by atoms with van der Waals surface area (Å²) < 4.78 is 35.6. The van der Waals surface area contributed by atoms with Crippen molar-refractivity contribution >= 4 is 43.8 Å². The Kier molecular flexibility index (Phi) is 4.95. The number of nitrogens with one attached hydrogen (secondary N) is 1. The third-order valence-electron chi connectivity index (χ3n) is 2.94. The highest BCUT2D eigenvalue weighted by molar-refractivity contribution is 14.1. The molecular formula is C11H14FIN2O4S. The van der Waals surface area contributed by atoms with Crippen LogP contribution in [0.2, 0.25) is 0 Å². The van der Waals surface area contributed by atoms with Crippen molar-refractivity contribution < 1.29 is 17.7 Å². The number of hydrogen-bond acceptors (Lipinski definition) is 5. The first-order valence-corrected chi connectivity index (χ1v) is 8.49. The van der Waals surface area contributed by atoms with E-state index < -0.39 is 25.3 Å². The van der Waals surface area contributed by atoms with Crippen molar-refractivity contribution in [1.29, 1.82) is 0 Å². The number of sulfone groups is 1. The fourth-order valence-electron chi connectivity index (χ4n) is 1.27. The van der Waals surface area contributed by atoms with Crippen LogP contribution in [-0.2, 0) is 9.84 Å². The second kappa shape index (κ2) is 5.80. The molecule has 0 aliphatic heterocycles. The monoisotopic (exact) mass is 416 g/mol. The number of rotatable bonds is 5. The zero-order valence-electron chi connectivity index (χ0n) is 11.1. The average molecular weight is 416 g/mol. The summed E-state index contributed by atoms with van der Waals surface area (Å²) >= 11 is 1.65. The van der Waals surface area contributed by atoms with E-state index in [4.69, 9.17) is 0 Å². The number of nitrogens with zero attached hydrogens (tertiary/aromatic N) is 1. The van der Waals surface area contributed by atoms with Crippen molar-refractivity contribution in [2.24, 2.45) is 0 Å². The zero-order chi connectivity index (χ0) is 15.7. The molecule has 0 heterocycles. The second-order valence-electron chi connectivity index (χ2n) is 4.93. The normalized spacial score (nSPS) is 12.2. The molecular weight excluding hydrogens is 402 g/mol. The van der Waals surface area contributed by atoms with Gasteiger partial charge in [0.2, 0.25) is 0 Å². The van der Waals surface area contributed by atoms with Crippen molar-refractivity contribution in [2.45, 2.75) is 18.6 Å². The molecule has 0 aliphatic carbocycles. The minimum atomic E-state index is -3.35. The summed E-state index contributed by atoms with van der Waals surface area (Å²) in [6.07, 6.45) is 1.08. The van der Waals surface area contributed by atoms with Crippen LogP contribution in [0.1, 0.15) is 13.8 Å². The molecule has 1 rings (SSSR count). The van der Waals surface area contributed by atoms with Gasteiger partial charge in [-0.1, -0.05) is 0 Å². The van der Waals surface area contributed by atoms with Crippen molar-refractivity contribution in [3.63, 3.8) is 0 Å². The van der Waals surface area contributed by atoms with Gasteiger partial charge >= 0.3 is 0 Å². The number of nitro groups is 1. The molecule has 6 nitrogen and oxygen atoms in total. The highest BCUT2D eigenvalue weighted by Crippen LogP contribution is 2.29. The number of anilines is 1. The fourth-order valence-corrected chi connectivity index (χ4v) is 2.05. The molecule has 1 aromatic rings. The van der Waals surface area contributed by atoms with Gasteiger partial charge in [-0.3, -0.25) is 10.1 Å². The van der Waals surface area contributed by atoms with E-state index in [2.05, 4.69) is 5.32 Å². The third kappa shape index (κ3) is 3.78. The van der Waals surface area contributed by atoms with Crippen molar-refractivity contribution in [2.75, 3.05) is 18.1 Å². The van der Waals surface area contributed by atoms with Gasteiger partial charge in [-0.25, -0.2) is 12.8 Å². The molecule has 0 spiro atoms. The van der Waals surface area contributed by atoms with Crippen LogP contribution in [-0.4, -0.2) is 30.9 Å². The van der Waals surface area contributed by atoms with Crippen molar-refractivity contribution in [1.82, 2.24) is 0 Å². The molecule has 0 aliphatic rings. The number of halogens is 2. The third-order valence-corrected chi connectivity index (χ3v) is 5.92. The van der Waals surface area contributed by atoms with Crippen LogP contribution in [0.15, 0.2) is 12.1 Å². The number of benzene rings is 1. The Labute approximate surface area is 130 Å². The van der Waals surface area contributed by atoms with E-state index in [1.165, 1.54) is 13.8 Å². The van der Waals surface area contributed by atoms with E-state index in [-0.39, 0.29) is 21.5 Å². The maximum Gasteiger partial charge on any atom is 0.293 e. The van der Waals surface area contributed by atoms with Gasteiger partial charge < -0.3 is 5.32 Å². The van der Waals surface area contributed by atoms with Gasteiger partial charge in [-0.2, -0.15) is 0 Å². The summed E-state index contributed by atoms with van der Waals surface area (Å²) in [7, 11) is -3.35. The first kappa shape index (κ1) is 17.1. The highest BCUT2D eigenvalue weighted by atomic mass is 127. The molecule has 0 unspecified atom stereocenters. The van der Waals surface area contributed by atoms with Crippen LogP contribution in [0.4, 0.5) is 15.8 Å². The Hall–Kier alpha value is -0.970. The van der Waals surface area contributed by atoms with Gasteiger partial charge in [0.05, 0.1) is 13.2 Å². The fraction of sp³-hybridized carbons (Fsp3) is 0.455. The molecule has 9 heteroatoms. The Morgan fingerprint density at radius 1 is 1.45 bits per heavy atom. The molecule has 1 N–H and O–H groups in total. The van der Waals surface area contributed by atoms with Crippen LogP contribution in [0.5, 0.6) is 0 Å². The second-order valence-corrected chi connectivity index (χ2v) is 8.74. The first-order chi connectivity index (χ1) is 8.95. The van der Waals surface area contributed by atoms with E-state index in [1.54, 1.807) is 22.6 Å². The Morgan fingerprint density at radius 2 is 2.00 bits per heavy atom. The number of hydrogen-bond donors (Lipinski definition) is 1. The minimum absolute atomic E-state index is 0.0374. The van der Waals surface area contributed by atoms with Gasteiger partial charge in [0, 0.05) is 24.9 Å². The van der Waals surface area contributed by atoms with Crippen molar-refractivity contribution in [3.8, 4) is 0 Å². The molecule has 0 saturated carbocycles. The lowest BCUT2D eigenvalue weighted by atomic mass is 10.2. The van der Waals surface area contributed by atoms with Gasteiger partial charge in [-0.05, 0) is 36.4 Å². The minimum Gasteiger partial charge on any atom is -0.378 e. The first-order valence-electron chi connectivity index (χ1n) is 5.52. The van der Waals surface area contributed by atoms with Gasteiger partial charge in [0.1, 0.15) is 11.5 Å². The van der Waals surface area contributed by atoms with Crippen LogP contribution in [0.3, 0.4) is 0 Å². The standard InChI is InChI=1S/C11H14FIN2O4S/c1-11(2,20(3,18)19)6-14-9-4-7(12)8(13)5-10(9)15(16)17/h4-5,14H,6H2,1-3H3. The van der Waals surface area contributed by atoms with Crippen LogP contribution >= 0.6 is 22.6 Å². The molecule has 20 heavy (non-hydrogen) atoms. The van der Waals surface area contributed by atoms with E-state index in [1.807, 2.05) is 0 Å². The van der Waals surface area contributed by atoms with Gasteiger partial charge in [-0.15, -0.1) is 0 Å². The van der Waals surface area contributed by atoms with Crippen LogP contribution < -0.4 is 5.32 Å². The lowest BCUT2D eigenvalue weighted by Gasteiger charge is -2.23. The highest BCUT2D eigenvalue weighted by Gasteiger charge is 2.31. The lowest BCUT2D eigenvalue weighted by Crippen LogP contribution is -2.38. The molecule has 0 amide bonds.